The van der Waals surface area contributed by atoms with Crippen LogP contribution in [0.25, 0.3) is 0 Å². The SMILES string of the molecule is CN1CCC(CN)(C2CC2)C1. The highest BCUT2D eigenvalue weighted by molar-refractivity contribution is 5.00. The van der Waals surface area contributed by atoms with Gasteiger partial charge in [-0.3, -0.25) is 0 Å². The summed E-state index contributed by atoms with van der Waals surface area (Å²) in [6.07, 6.45) is 4.21. The molecule has 2 fully saturated rings. The first-order chi connectivity index (χ1) is 5.27. The molecule has 1 saturated carbocycles. The minimum absolute atomic E-state index is 0.523. The van der Waals surface area contributed by atoms with E-state index in [-0.39, 0.29) is 0 Å². The fourth-order valence-corrected chi connectivity index (χ4v) is 2.47. The van der Waals surface area contributed by atoms with Crippen LogP contribution in [0.15, 0.2) is 0 Å². The maximum absolute atomic E-state index is 5.85. The molecule has 1 aliphatic carbocycles. The summed E-state index contributed by atoms with van der Waals surface area (Å²) in [5.41, 5.74) is 6.37. The lowest BCUT2D eigenvalue weighted by molar-refractivity contribution is 0.250. The molecule has 0 aromatic heterocycles. The molecule has 2 nitrogen and oxygen atoms in total. The zero-order chi connectivity index (χ0) is 7.90. The van der Waals surface area contributed by atoms with Crippen LogP contribution in [-0.2, 0) is 0 Å². The van der Waals surface area contributed by atoms with Gasteiger partial charge in [0.1, 0.15) is 0 Å². The van der Waals surface area contributed by atoms with Gasteiger partial charge in [0.15, 0.2) is 0 Å². The van der Waals surface area contributed by atoms with Crippen LogP contribution in [-0.4, -0.2) is 31.6 Å². The molecular weight excluding hydrogens is 136 g/mol. The Morgan fingerprint density at radius 2 is 2.27 bits per heavy atom. The predicted molar refractivity (Wildman–Crippen MR) is 46.3 cm³/mol. The average molecular weight is 154 g/mol. The molecule has 64 valence electrons. The summed E-state index contributed by atoms with van der Waals surface area (Å²) >= 11 is 0. The average Bonchev–Trinajstić information content (AvgIpc) is 2.77. The van der Waals surface area contributed by atoms with E-state index < -0.39 is 0 Å². The van der Waals surface area contributed by atoms with Crippen LogP contribution < -0.4 is 5.73 Å². The van der Waals surface area contributed by atoms with Crippen LogP contribution in [0.2, 0.25) is 0 Å². The summed E-state index contributed by atoms with van der Waals surface area (Å²) in [5.74, 6) is 0.970. The van der Waals surface area contributed by atoms with Crippen molar-refractivity contribution >= 4 is 0 Å². The lowest BCUT2D eigenvalue weighted by Gasteiger charge is -2.26. The summed E-state index contributed by atoms with van der Waals surface area (Å²) < 4.78 is 0. The molecule has 2 N–H and O–H groups in total. The Morgan fingerprint density at radius 3 is 2.64 bits per heavy atom. The molecule has 0 spiro atoms. The van der Waals surface area contributed by atoms with Gasteiger partial charge in [0, 0.05) is 6.54 Å². The Labute approximate surface area is 68.7 Å². The summed E-state index contributed by atoms with van der Waals surface area (Å²) in [6.45, 7) is 3.41. The van der Waals surface area contributed by atoms with Gasteiger partial charge in [0.25, 0.3) is 0 Å². The van der Waals surface area contributed by atoms with Crippen molar-refractivity contribution in [2.75, 3.05) is 26.7 Å². The smallest absolute Gasteiger partial charge is 0.00502 e. The van der Waals surface area contributed by atoms with Crippen molar-refractivity contribution in [3.05, 3.63) is 0 Å². The first kappa shape index (κ1) is 7.56. The van der Waals surface area contributed by atoms with Gasteiger partial charge in [-0.2, -0.15) is 0 Å². The third-order valence-electron chi connectivity index (χ3n) is 3.43. The third kappa shape index (κ3) is 1.18. The zero-order valence-corrected chi connectivity index (χ0v) is 7.34. The van der Waals surface area contributed by atoms with Crippen molar-refractivity contribution in [3.63, 3.8) is 0 Å². The Balaban J connectivity index is 2.05. The molecule has 1 heterocycles. The van der Waals surface area contributed by atoms with Gasteiger partial charge < -0.3 is 10.6 Å². The molecule has 11 heavy (non-hydrogen) atoms. The van der Waals surface area contributed by atoms with Crippen molar-refractivity contribution < 1.29 is 0 Å². The zero-order valence-electron chi connectivity index (χ0n) is 7.34. The van der Waals surface area contributed by atoms with E-state index >= 15 is 0 Å². The molecular formula is C9H18N2. The Kier molecular flexibility index (Phi) is 1.69. The number of nitrogens with two attached hydrogens (primary N) is 1. The molecule has 0 amide bonds. The second-order valence-corrected chi connectivity index (χ2v) is 4.33. The van der Waals surface area contributed by atoms with E-state index in [1.807, 2.05) is 0 Å². The Hall–Kier alpha value is -0.0800. The van der Waals surface area contributed by atoms with Crippen molar-refractivity contribution in [1.29, 1.82) is 0 Å². The molecule has 0 aromatic carbocycles. The molecule has 0 bridgehead atoms. The second-order valence-electron chi connectivity index (χ2n) is 4.33. The van der Waals surface area contributed by atoms with Gasteiger partial charge in [-0.05, 0) is 50.7 Å². The van der Waals surface area contributed by atoms with Crippen LogP contribution in [0.1, 0.15) is 19.3 Å². The molecule has 2 heteroatoms. The first-order valence-corrected chi connectivity index (χ1v) is 4.65. The van der Waals surface area contributed by atoms with Crippen molar-refractivity contribution in [2.45, 2.75) is 19.3 Å². The fraction of sp³-hybridized carbons (Fsp3) is 1.00. The number of hydrogen-bond donors (Lipinski definition) is 1. The van der Waals surface area contributed by atoms with E-state index in [4.69, 9.17) is 5.73 Å². The number of likely N-dealkylation sites (tertiary alicyclic amines) is 1. The van der Waals surface area contributed by atoms with Crippen LogP contribution in [0.5, 0.6) is 0 Å². The number of rotatable bonds is 2. The number of nitrogens with zero attached hydrogens (tertiary/aromatic N) is 1. The molecule has 0 radical (unpaired) electrons. The molecule has 1 atom stereocenters. The second kappa shape index (κ2) is 2.46. The highest BCUT2D eigenvalue weighted by Gasteiger charge is 2.47. The highest BCUT2D eigenvalue weighted by atomic mass is 15.1. The molecule has 1 aliphatic heterocycles. The molecule has 2 aliphatic rings. The van der Waals surface area contributed by atoms with Gasteiger partial charge in [-0.15, -0.1) is 0 Å². The maximum Gasteiger partial charge on any atom is 0.00502 e. The normalized spacial score (nSPS) is 39.8. The summed E-state index contributed by atoms with van der Waals surface area (Å²) in [6, 6.07) is 0. The van der Waals surface area contributed by atoms with Gasteiger partial charge in [-0.1, -0.05) is 0 Å². The van der Waals surface area contributed by atoms with E-state index in [1.165, 1.54) is 32.4 Å². The first-order valence-electron chi connectivity index (χ1n) is 4.65. The van der Waals surface area contributed by atoms with Gasteiger partial charge in [-0.25, -0.2) is 0 Å². The van der Waals surface area contributed by atoms with E-state index in [2.05, 4.69) is 11.9 Å². The maximum atomic E-state index is 5.85. The van der Waals surface area contributed by atoms with Crippen LogP contribution >= 0.6 is 0 Å². The third-order valence-corrected chi connectivity index (χ3v) is 3.43. The molecule has 0 aromatic rings. The largest absolute Gasteiger partial charge is 0.330 e. The summed E-state index contributed by atoms with van der Waals surface area (Å²) in [5, 5.41) is 0. The molecule has 1 saturated heterocycles. The monoisotopic (exact) mass is 154 g/mol. The Morgan fingerprint density at radius 1 is 1.55 bits per heavy atom. The minimum atomic E-state index is 0.523. The van der Waals surface area contributed by atoms with Crippen molar-refractivity contribution in [1.82, 2.24) is 4.90 Å². The van der Waals surface area contributed by atoms with E-state index in [0.29, 0.717) is 5.41 Å². The standard InChI is InChI=1S/C9H18N2/c1-11-5-4-9(6-10,7-11)8-2-3-8/h8H,2-7,10H2,1H3. The number of hydrogen-bond acceptors (Lipinski definition) is 2. The van der Waals surface area contributed by atoms with Gasteiger partial charge >= 0.3 is 0 Å². The van der Waals surface area contributed by atoms with Crippen LogP contribution in [0.4, 0.5) is 0 Å². The van der Waals surface area contributed by atoms with Gasteiger partial charge in [0.2, 0.25) is 0 Å². The van der Waals surface area contributed by atoms with E-state index in [1.54, 1.807) is 0 Å². The Bertz CT molecular complexity index is 154. The quantitative estimate of drug-likeness (QED) is 0.633. The molecule has 2 rings (SSSR count). The fourth-order valence-electron chi connectivity index (χ4n) is 2.47. The van der Waals surface area contributed by atoms with Crippen molar-refractivity contribution in [3.8, 4) is 0 Å². The van der Waals surface area contributed by atoms with Crippen LogP contribution in [0.3, 0.4) is 0 Å². The predicted octanol–water partition coefficient (Wildman–Crippen LogP) is 0.677. The lowest BCUT2D eigenvalue weighted by atomic mass is 9.82. The minimum Gasteiger partial charge on any atom is -0.330 e. The van der Waals surface area contributed by atoms with E-state index in [9.17, 15) is 0 Å². The summed E-state index contributed by atoms with van der Waals surface area (Å²) in [4.78, 5) is 2.42. The molecule has 1 unspecified atom stereocenters. The van der Waals surface area contributed by atoms with Crippen molar-refractivity contribution in [2.24, 2.45) is 17.1 Å². The van der Waals surface area contributed by atoms with E-state index in [0.717, 1.165) is 12.5 Å². The topological polar surface area (TPSA) is 29.3 Å². The highest BCUT2D eigenvalue weighted by Crippen LogP contribution is 2.49. The van der Waals surface area contributed by atoms with Gasteiger partial charge in [0.05, 0.1) is 0 Å². The lowest BCUT2D eigenvalue weighted by Crippen LogP contribution is -2.35. The summed E-state index contributed by atoms with van der Waals surface area (Å²) in [7, 11) is 2.21. The van der Waals surface area contributed by atoms with Crippen LogP contribution in [0, 0.1) is 11.3 Å².